The minimum atomic E-state index is -0.139. The summed E-state index contributed by atoms with van der Waals surface area (Å²) in [6, 6.07) is -0.139. The highest BCUT2D eigenvalue weighted by Crippen LogP contribution is 2.46. The summed E-state index contributed by atoms with van der Waals surface area (Å²) in [5, 5.41) is 0. The third kappa shape index (κ3) is 6.27. The number of carbonyl (C=O) groups is 2. The van der Waals surface area contributed by atoms with Gasteiger partial charge in [-0.3, -0.25) is 9.59 Å². The summed E-state index contributed by atoms with van der Waals surface area (Å²) in [6.45, 7) is 6.97. The van der Waals surface area contributed by atoms with E-state index in [4.69, 9.17) is 0 Å². The van der Waals surface area contributed by atoms with Gasteiger partial charge in [0.05, 0.1) is 6.04 Å². The number of unbranched alkanes of at least 4 members (excludes halogenated alkanes) is 4. The van der Waals surface area contributed by atoms with Crippen molar-refractivity contribution in [2.45, 2.75) is 97.4 Å². The zero-order valence-electron chi connectivity index (χ0n) is 16.6. The third-order valence-electron chi connectivity index (χ3n) is 6.02. The number of allylic oxidation sites excluding steroid dienone is 2. The van der Waals surface area contributed by atoms with Crippen molar-refractivity contribution in [2.75, 3.05) is 6.54 Å². The summed E-state index contributed by atoms with van der Waals surface area (Å²) in [5.41, 5.74) is 1.61. The molecule has 1 saturated heterocycles. The first-order valence-electron chi connectivity index (χ1n) is 10.5. The highest BCUT2D eigenvalue weighted by Gasteiger charge is 2.36. The van der Waals surface area contributed by atoms with Crippen molar-refractivity contribution in [1.82, 2.24) is 4.90 Å². The predicted molar refractivity (Wildman–Crippen MR) is 103 cm³/mol. The molecule has 2 fully saturated rings. The van der Waals surface area contributed by atoms with Gasteiger partial charge in [0.1, 0.15) is 0 Å². The molecule has 3 heteroatoms. The van der Waals surface area contributed by atoms with Crippen LogP contribution in [0.2, 0.25) is 0 Å². The second-order valence-corrected chi connectivity index (χ2v) is 8.15. The Morgan fingerprint density at radius 1 is 1.12 bits per heavy atom. The number of likely N-dealkylation sites (tertiary alicyclic amines) is 1. The molecule has 2 aliphatic rings. The molecule has 142 valence electrons. The quantitative estimate of drug-likeness (QED) is 0.376. The number of rotatable bonds is 11. The van der Waals surface area contributed by atoms with Crippen LogP contribution in [-0.4, -0.2) is 29.2 Å². The van der Waals surface area contributed by atoms with E-state index in [-0.39, 0.29) is 17.7 Å². The average Bonchev–Trinajstić information content (AvgIpc) is 3.17. The Morgan fingerprint density at radius 3 is 2.60 bits per heavy atom. The van der Waals surface area contributed by atoms with Crippen LogP contribution in [0.3, 0.4) is 0 Å². The molecule has 2 rings (SSSR count). The zero-order valence-corrected chi connectivity index (χ0v) is 16.6. The maximum Gasteiger partial charge on any atom is 0.223 e. The lowest BCUT2D eigenvalue weighted by Crippen LogP contribution is -2.39. The number of nitrogens with zero attached hydrogens (tertiary/aromatic N) is 1. The van der Waals surface area contributed by atoms with E-state index in [2.05, 4.69) is 19.9 Å². The van der Waals surface area contributed by atoms with E-state index in [0.717, 1.165) is 44.1 Å². The lowest BCUT2D eigenvalue weighted by Gasteiger charge is -2.22. The second-order valence-electron chi connectivity index (χ2n) is 8.15. The molecule has 0 radical (unpaired) electrons. The number of ketones is 1. The lowest BCUT2D eigenvalue weighted by molar-refractivity contribution is -0.137. The van der Waals surface area contributed by atoms with Crippen molar-refractivity contribution in [3.8, 4) is 0 Å². The number of Topliss-reactive ketones (excluding diaryl/α,β-unsaturated/α-hetero) is 1. The van der Waals surface area contributed by atoms with E-state index in [9.17, 15) is 9.59 Å². The Labute approximate surface area is 154 Å². The first-order chi connectivity index (χ1) is 12.0. The van der Waals surface area contributed by atoms with Gasteiger partial charge in [0.15, 0.2) is 5.78 Å². The van der Waals surface area contributed by atoms with Crippen molar-refractivity contribution < 1.29 is 9.59 Å². The van der Waals surface area contributed by atoms with E-state index in [0.29, 0.717) is 6.42 Å². The zero-order chi connectivity index (χ0) is 18.2. The van der Waals surface area contributed by atoms with E-state index < -0.39 is 0 Å². The lowest BCUT2D eigenvalue weighted by atomic mass is 10.0. The van der Waals surface area contributed by atoms with Gasteiger partial charge in [-0.15, -0.1) is 0 Å². The highest BCUT2D eigenvalue weighted by molar-refractivity contribution is 5.88. The molecule has 0 aromatic heterocycles. The molecule has 25 heavy (non-hydrogen) atoms. The van der Waals surface area contributed by atoms with Gasteiger partial charge in [0.2, 0.25) is 5.91 Å². The molecule has 0 spiro atoms. The van der Waals surface area contributed by atoms with E-state index in [1.807, 2.05) is 4.90 Å². The Morgan fingerprint density at radius 2 is 1.88 bits per heavy atom. The van der Waals surface area contributed by atoms with Crippen LogP contribution in [-0.2, 0) is 9.59 Å². The number of hydrogen-bond acceptors (Lipinski definition) is 2. The second kappa shape index (κ2) is 10.1. The van der Waals surface area contributed by atoms with Crippen LogP contribution < -0.4 is 0 Å². The molecule has 3 nitrogen and oxygen atoms in total. The van der Waals surface area contributed by atoms with Crippen LogP contribution >= 0.6 is 0 Å². The van der Waals surface area contributed by atoms with Crippen molar-refractivity contribution in [2.24, 2.45) is 11.8 Å². The predicted octanol–water partition coefficient (Wildman–Crippen LogP) is 5.29. The summed E-state index contributed by atoms with van der Waals surface area (Å²) < 4.78 is 0. The Kier molecular flexibility index (Phi) is 8.18. The molecular formula is C22H37NO2. The fraction of sp³-hybridized carbons (Fsp3) is 0.818. The summed E-state index contributed by atoms with van der Waals surface area (Å²) in [6.07, 6.45) is 14.7. The molecule has 0 bridgehead atoms. The highest BCUT2D eigenvalue weighted by atomic mass is 16.2. The Balaban J connectivity index is 1.52. The molecule has 0 N–H and O–H groups in total. The molecule has 1 saturated carbocycles. The summed E-state index contributed by atoms with van der Waals surface area (Å²) in [5.74, 6) is 2.18. The monoisotopic (exact) mass is 347 g/mol. The van der Waals surface area contributed by atoms with Crippen LogP contribution in [0.1, 0.15) is 91.4 Å². The van der Waals surface area contributed by atoms with Gasteiger partial charge < -0.3 is 4.90 Å². The largest absolute Gasteiger partial charge is 0.333 e. The molecule has 1 aliphatic heterocycles. The van der Waals surface area contributed by atoms with Gasteiger partial charge in [-0.2, -0.15) is 0 Å². The van der Waals surface area contributed by atoms with Gasteiger partial charge in [0.25, 0.3) is 0 Å². The fourth-order valence-electron chi connectivity index (χ4n) is 4.38. The number of hydrogen-bond donors (Lipinski definition) is 0. The van der Waals surface area contributed by atoms with E-state index >= 15 is 0 Å². The number of carbonyl (C=O) groups excluding carboxylic acids is 2. The van der Waals surface area contributed by atoms with Crippen LogP contribution in [0.4, 0.5) is 0 Å². The first-order valence-corrected chi connectivity index (χ1v) is 10.5. The van der Waals surface area contributed by atoms with Crippen LogP contribution in [0, 0.1) is 11.8 Å². The van der Waals surface area contributed by atoms with E-state index in [1.54, 1.807) is 12.5 Å². The van der Waals surface area contributed by atoms with Gasteiger partial charge in [-0.05, 0) is 64.2 Å². The first kappa shape index (κ1) is 20.2. The SMILES string of the molecule is CCCC1C[C@H]1/C(C)=C\CCCCCCC(=O)N1CCCC1C(C)=O. The summed E-state index contributed by atoms with van der Waals surface area (Å²) in [4.78, 5) is 25.7. The molecule has 0 aromatic carbocycles. The summed E-state index contributed by atoms with van der Waals surface area (Å²) in [7, 11) is 0. The Bertz CT molecular complexity index is 482. The molecular weight excluding hydrogens is 310 g/mol. The third-order valence-corrected chi connectivity index (χ3v) is 6.02. The van der Waals surface area contributed by atoms with Gasteiger partial charge in [-0.1, -0.05) is 44.3 Å². The molecule has 1 amide bonds. The van der Waals surface area contributed by atoms with Crippen molar-refractivity contribution >= 4 is 11.7 Å². The van der Waals surface area contributed by atoms with Crippen LogP contribution in [0.15, 0.2) is 11.6 Å². The fourth-order valence-corrected chi connectivity index (χ4v) is 4.38. The standard InChI is InChI=1S/C22H37NO2/c1-4-11-19-16-20(19)17(2)12-8-6-5-7-9-14-22(25)23-15-10-13-21(23)18(3)24/h12,19-21H,4-11,13-16H2,1-3H3/b17-12-/t19?,20-,21?/m0/s1. The normalized spacial score (nSPS) is 26.1. The summed E-state index contributed by atoms with van der Waals surface area (Å²) >= 11 is 0. The smallest absolute Gasteiger partial charge is 0.223 e. The van der Waals surface area contributed by atoms with Crippen molar-refractivity contribution in [1.29, 1.82) is 0 Å². The van der Waals surface area contributed by atoms with E-state index in [1.165, 1.54) is 38.5 Å². The maximum atomic E-state index is 12.3. The average molecular weight is 348 g/mol. The number of amides is 1. The molecule has 2 unspecified atom stereocenters. The Hall–Kier alpha value is -1.12. The van der Waals surface area contributed by atoms with Gasteiger partial charge in [0, 0.05) is 13.0 Å². The van der Waals surface area contributed by atoms with Crippen LogP contribution in [0.5, 0.6) is 0 Å². The maximum absolute atomic E-state index is 12.3. The van der Waals surface area contributed by atoms with Crippen molar-refractivity contribution in [3.63, 3.8) is 0 Å². The molecule has 3 atom stereocenters. The van der Waals surface area contributed by atoms with Gasteiger partial charge in [-0.25, -0.2) is 0 Å². The minimum Gasteiger partial charge on any atom is -0.333 e. The van der Waals surface area contributed by atoms with Crippen LogP contribution in [0.25, 0.3) is 0 Å². The van der Waals surface area contributed by atoms with Gasteiger partial charge >= 0.3 is 0 Å². The minimum absolute atomic E-state index is 0.139. The molecule has 0 aromatic rings. The molecule has 1 aliphatic carbocycles. The van der Waals surface area contributed by atoms with Crippen molar-refractivity contribution in [3.05, 3.63) is 11.6 Å². The molecule has 1 heterocycles. The topological polar surface area (TPSA) is 37.4 Å².